The average molecular weight is 829 g/mol. The van der Waals surface area contributed by atoms with Crippen molar-refractivity contribution in [1.82, 2.24) is 0 Å². The van der Waals surface area contributed by atoms with E-state index >= 15 is 0 Å². The lowest BCUT2D eigenvalue weighted by Gasteiger charge is -2.33. The van der Waals surface area contributed by atoms with Gasteiger partial charge in [0.25, 0.3) is 0 Å². The lowest BCUT2D eigenvalue weighted by Crippen LogP contribution is -2.25. The van der Waals surface area contributed by atoms with Gasteiger partial charge in [-0.2, -0.15) is 0 Å². The maximum atomic E-state index is 2.59. The quantitative estimate of drug-likeness (QED) is 0.0666. The maximum absolute atomic E-state index is 2.59. The molecule has 0 bridgehead atoms. The maximum Gasteiger partial charge on any atom is 0.0463 e. The number of unbranched alkanes of at least 4 members (excludes halogenated alkanes) is 10. The lowest BCUT2D eigenvalue weighted by molar-refractivity contribution is 0.398. The molecule has 0 aromatic heterocycles. The van der Waals surface area contributed by atoms with Crippen LogP contribution in [0.3, 0.4) is 0 Å². The Morgan fingerprint density at radius 3 is 1.19 bits per heavy atom. The van der Waals surface area contributed by atoms with E-state index in [4.69, 9.17) is 0 Å². The van der Waals surface area contributed by atoms with Crippen LogP contribution >= 0.6 is 0 Å². The second-order valence-electron chi connectivity index (χ2n) is 18.2. The van der Waals surface area contributed by atoms with Crippen molar-refractivity contribution < 1.29 is 0 Å². The van der Waals surface area contributed by atoms with Gasteiger partial charge in [0, 0.05) is 39.5 Å². The first-order valence-corrected chi connectivity index (χ1v) is 24.2. The van der Waals surface area contributed by atoms with Crippen LogP contribution < -0.4 is 9.80 Å². The number of hydrogen-bond donors (Lipinski definition) is 0. The molecule has 0 aliphatic heterocycles. The van der Waals surface area contributed by atoms with Crippen molar-refractivity contribution in [2.45, 2.75) is 123 Å². The van der Waals surface area contributed by atoms with Gasteiger partial charge >= 0.3 is 0 Å². The Balaban J connectivity index is 1.12. The fourth-order valence-corrected chi connectivity index (χ4v) is 10.2. The van der Waals surface area contributed by atoms with Crippen LogP contribution in [0.5, 0.6) is 0 Å². The van der Waals surface area contributed by atoms with E-state index < -0.39 is 0 Å². The molecule has 2 heteroatoms. The molecule has 2 nitrogen and oxygen atoms in total. The standard InChI is InChI=1S/C61H68N2/c1-5-7-9-11-13-21-43-61(44-22-14-12-10-8-6-2)59-45-48(4)29-41-57(59)58-42-32-50(46-60(58)61)49-30-35-54(36-31-49)63(53-33-27-47(3)28-34-53)56-39-37-55(38-40-56)62(51-23-17-15-18-24-51)52-25-19-16-20-26-52/h15-20,23-42,45-46H,5-14,21-22,43-44H2,1-4H3. The van der Waals surface area contributed by atoms with Gasteiger partial charge in [-0.15, -0.1) is 0 Å². The summed E-state index contributed by atoms with van der Waals surface area (Å²) in [6.07, 6.45) is 18.4. The third-order valence-electron chi connectivity index (χ3n) is 13.6. The Bertz CT molecular complexity index is 2430. The highest BCUT2D eigenvalue weighted by Gasteiger charge is 2.42. The van der Waals surface area contributed by atoms with Crippen LogP contribution in [0.15, 0.2) is 170 Å². The second kappa shape index (κ2) is 21.0. The SMILES string of the molecule is CCCCCCCCC1(CCCCCCCC)c2cc(C)ccc2-c2ccc(-c3ccc(N(c4ccc(C)cc4)c4ccc(N(c5ccccc5)c5ccccc5)cc4)cc3)cc21. The van der Waals surface area contributed by atoms with Crippen molar-refractivity contribution in [3.8, 4) is 22.3 Å². The molecule has 7 aromatic carbocycles. The molecule has 8 rings (SSSR count). The molecule has 7 aromatic rings. The number of rotatable bonds is 21. The highest BCUT2D eigenvalue weighted by Crippen LogP contribution is 2.55. The number of para-hydroxylation sites is 2. The number of benzene rings is 7. The zero-order valence-corrected chi connectivity index (χ0v) is 38.5. The minimum Gasteiger partial charge on any atom is -0.311 e. The summed E-state index contributed by atoms with van der Waals surface area (Å²) in [7, 11) is 0. The molecule has 0 saturated heterocycles. The highest BCUT2D eigenvalue weighted by atomic mass is 15.2. The van der Waals surface area contributed by atoms with Gasteiger partial charge in [-0.1, -0.05) is 193 Å². The van der Waals surface area contributed by atoms with Crippen molar-refractivity contribution in [1.29, 1.82) is 0 Å². The zero-order chi connectivity index (χ0) is 43.4. The first kappa shape index (κ1) is 43.8. The minimum absolute atomic E-state index is 0.0627. The summed E-state index contributed by atoms with van der Waals surface area (Å²) in [4.78, 5) is 4.71. The average Bonchev–Trinajstić information content (AvgIpc) is 3.58. The van der Waals surface area contributed by atoms with E-state index in [1.165, 1.54) is 123 Å². The molecule has 0 N–H and O–H groups in total. The normalized spacial score (nSPS) is 12.5. The van der Waals surface area contributed by atoms with E-state index in [1.807, 2.05) is 0 Å². The summed E-state index contributed by atoms with van der Waals surface area (Å²) in [5.74, 6) is 0. The van der Waals surface area contributed by atoms with E-state index in [1.54, 1.807) is 11.1 Å². The van der Waals surface area contributed by atoms with Gasteiger partial charge in [0.15, 0.2) is 0 Å². The van der Waals surface area contributed by atoms with Crippen LogP contribution in [0.1, 0.15) is 126 Å². The predicted octanol–water partition coefficient (Wildman–Crippen LogP) is 18.7. The van der Waals surface area contributed by atoms with E-state index in [0.29, 0.717) is 0 Å². The second-order valence-corrected chi connectivity index (χ2v) is 18.2. The van der Waals surface area contributed by atoms with Crippen LogP contribution in [0.4, 0.5) is 34.1 Å². The smallest absolute Gasteiger partial charge is 0.0463 e. The Morgan fingerprint density at radius 1 is 0.333 bits per heavy atom. The van der Waals surface area contributed by atoms with Crippen LogP contribution in [0, 0.1) is 13.8 Å². The number of anilines is 6. The van der Waals surface area contributed by atoms with Gasteiger partial charge in [0.05, 0.1) is 0 Å². The van der Waals surface area contributed by atoms with E-state index in [0.717, 1.165) is 34.1 Å². The monoisotopic (exact) mass is 829 g/mol. The molecule has 0 fully saturated rings. The summed E-state index contributed by atoms with van der Waals surface area (Å²) in [5.41, 5.74) is 18.1. The number of hydrogen-bond acceptors (Lipinski definition) is 2. The third-order valence-corrected chi connectivity index (χ3v) is 13.6. The van der Waals surface area contributed by atoms with Crippen molar-refractivity contribution >= 4 is 34.1 Å². The first-order valence-electron chi connectivity index (χ1n) is 24.2. The Morgan fingerprint density at radius 2 is 0.698 bits per heavy atom. The van der Waals surface area contributed by atoms with Crippen LogP contribution in [-0.4, -0.2) is 0 Å². The van der Waals surface area contributed by atoms with Crippen LogP contribution in [0.25, 0.3) is 22.3 Å². The highest BCUT2D eigenvalue weighted by molar-refractivity contribution is 5.86. The van der Waals surface area contributed by atoms with Crippen molar-refractivity contribution in [2.75, 3.05) is 9.80 Å². The molecular weight excluding hydrogens is 761 g/mol. The van der Waals surface area contributed by atoms with Crippen molar-refractivity contribution in [3.63, 3.8) is 0 Å². The summed E-state index contributed by atoms with van der Waals surface area (Å²) in [6, 6.07) is 63.2. The lowest BCUT2D eigenvalue weighted by atomic mass is 9.70. The first-order chi connectivity index (χ1) is 31.0. The third kappa shape index (κ3) is 10.0. The van der Waals surface area contributed by atoms with Gasteiger partial charge in [-0.05, 0) is 139 Å². The molecule has 1 aliphatic carbocycles. The summed E-state index contributed by atoms with van der Waals surface area (Å²) in [5, 5.41) is 0. The molecule has 0 radical (unpaired) electrons. The largest absolute Gasteiger partial charge is 0.311 e. The molecule has 0 amide bonds. The Hall–Kier alpha value is -5.86. The van der Waals surface area contributed by atoms with E-state index in [-0.39, 0.29) is 5.41 Å². The Labute approximate surface area is 379 Å². The Kier molecular flexibility index (Phi) is 14.6. The van der Waals surface area contributed by atoms with E-state index in [9.17, 15) is 0 Å². The van der Waals surface area contributed by atoms with Crippen molar-refractivity contribution in [2.24, 2.45) is 0 Å². The number of nitrogens with zero attached hydrogens (tertiary/aromatic N) is 2. The fourth-order valence-electron chi connectivity index (χ4n) is 10.2. The molecule has 0 saturated carbocycles. The van der Waals surface area contributed by atoms with Crippen molar-refractivity contribution in [3.05, 3.63) is 192 Å². The van der Waals surface area contributed by atoms with Crippen LogP contribution in [0.2, 0.25) is 0 Å². The topological polar surface area (TPSA) is 6.48 Å². The van der Waals surface area contributed by atoms with Gasteiger partial charge in [0.1, 0.15) is 0 Å². The number of aryl methyl sites for hydroxylation is 2. The zero-order valence-electron chi connectivity index (χ0n) is 38.5. The van der Waals surface area contributed by atoms with Gasteiger partial charge in [-0.25, -0.2) is 0 Å². The molecule has 1 aliphatic rings. The van der Waals surface area contributed by atoms with Gasteiger partial charge in [0.2, 0.25) is 0 Å². The fraction of sp³-hybridized carbons (Fsp3) is 0.311. The molecule has 0 heterocycles. The molecule has 0 atom stereocenters. The summed E-state index contributed by atoms with van der Waals surface area (Å²) < 4.78 is 0. The molecular formula is C61H68N2. The van der Waals surface area contributed by atoms with Gasteiger partial charge < -0.3 is 9.80 Å². The number of fused-ring (bicyclic) bond motifs is 3. The molecule has 63 heavy (non-hydrogen) atoms. The molecule has 322 valence electrons. The van der Waals surface area contributed by atoms with E-state index in [2.05, 4.69) is 207 Å². The predicted molar refractivity (Wildman–Crippen MR) is 273 cm³/mol. The summed E-state index contributed by atoms with van der Waals surface area (Å²) in [6.45, 7) is 9.09. The minimum atomic E-state index is 0.0627. The summed E-state index contributed by atoms with van der Waals surface area (Å²) >= 11 is 0. The molecule has 0 unspecified atom stereocenters. The molecule has 0 spiro atoms. The van der Waals surface area contributed by atoms with Gasteiger partial charge in [-0.3, -0.25) is 0 Å². The van der Waals surface area contributed by atoms with Crippen LogP contribution in [-0.2, 0) is 5.41 Å².